The number of hydrogen-bond acceptors (Lipinski definition) is 3. The smallest absolute Gasteiger partial charge is 0.312 e. The van der Waals surface area contributed by atoms with Crippen LogP contribution in [0.15, 0.2) is 54.6 Å². The number of para-hydroxylation sites is 1. The van der Waals surface area contributed by atoms with Crippen LogP contribution >= 0.6 is 0 Å². The molecule has 0 aliphatic carbocycles. The topological polar surface area (TPSA) is 78.5 Å². The molecule has 1 unspecified atom stereocenters. The molecular weight excluding hydrogens is 294 g/mol. The largest absolute Gasteiger partial charge is 0.323 e. The van der Waals surface area contributed by atoms with Crippen molar-refractivity contribution in [1.29, 1.82) is 0 Å². The summed E-state index contributed by atoms with van der Waals surface area (Å²) in [6, 6.07) is 15.9. The number of fused-ring (bicyclic) bond motifs is 2. The van der Waals surface area contributed by atoms with Crippen molar-refractivity contribution in [2.24, 2.45) is 0 Å². The SMILES string of the molecule is O=C1NC(=O)C2(N1)C(=O)N(Cc1ccccc1)c1ccccc12. The Morgan fingerprint density at radius 2 is 1.61 bits per heavy atom. The number of amides is 4. The van der Waals surface area contributed by atoms with E-state index >= 15 is 0 Å². The van der Waals surface area contributed by atoms with Crippen LogP contribution in [0.3, 0.4) is 0 Å². The molecular formula is C17H13N3O3. The van der Waals surface area contributed by atoms with Gasteiger partial charge in [-0.3, -0.25) is 14.9 Å². The van der Waals surface area contributed by atoms with E-state index in [0.717, 1.165) is 5.56 Å². The normalized spacial score (nSPS) is 22.3. The highest BCUT2D eigenvalue weighted by molar-refractivity contribution is 6.27. The number of carbonyl (C=O) groups excluding carboxylic acids is 3. The van der Waals surface area contributed by atoms with Crippen LogP contribution in [0.4, 0.5) is 10.5 Å². The molecule has 4 amide bonds. The second kappa shape index (κ2) is 4.67. The molecule has 1 fully saturated rings. The van der Waals surface area contributed by atoms with Crippen LogP contribution in [0.2, 0.25) is 0 Å². The molecule has 6 heteroatoms. The van der Waals surface area contributed by atoms with Gasteiger partial charge in [0.2, 0.25) is 5.54 Å². The minimum absolute atomic E-state index is 0.335. The van der Waals surface area contributed by atoms with Gasteiger partial charge in [0, 0.05) is 5.56 Å². The lowest BCUT2D eigenvalue weighted by Gasteiger charge is -2.21. The standard InChI is InChI=1S/C17H13N3O3/c21-14-17(19-16(23)18-14)12-8-4-5-9-13(12)20(15(17)22)10-11-6-2-1-3-7-11/h1-9H,10H2,(H2,18,19,21,23). The molecule has 2 aromatic carbocycles. The fourth-order valence-corrected chi connectivity index (χ4v) is 3.17. The summed E-state index contributed by atoms with van der Waals surface area (Å²) in [6.45, 7) is 0.335. The Labute approximate surface area is 132 Å². The lowest BCUT2D eigenvalue weighted by molar-refractivity contribution is -0.134. The average molecular weight is 307 g/mol. The van der Waals surface area contributed by atoms with Crippen LogP contribution in [0.25, 0.3) is 0 Å². The van der Waals surface area contributed by atoms with Gasteiger partial charge >= 0.3 is 6.03 Å². The van der Waals surface area contributed by atoms with Crippen LogP contribution in [-0.4, -0.2) is 17.8 Å². The zero-order chi connectivity index (χ0) is 16.0. The van der Waals surface area contributed by atoms with Gasteiger partial charge in [0.15, 0.2) is 0 Å². The van der Waals surface area contributed by atoms with Gasteiger partial charge in [-0.2, -0.15) is 0 Å². The van der Waals surface area contributed by atoms with Crippen molar-refractivity contribution < 1.29 is 14.4 Å². The van der Waals surface area contributed by atoms with Gasteiger partial charge in [0.1, 0.15) is 0 Å². The minimum atomic E-state index is -1.65. The summed E-state index contributed by atoms with van der Waals surface area (Å²) in [4.78, 5) is 38.5. The highest BCUT2D eigenvalue weighted by Gasteiger charge is 2.61. The van der Waals surface area contributed by atoms with Gasteiger partial charge < -0.3 is 10.2 Å². The predicted octanol–water partition coefficient (Wildman–Crippen LogP) is 1.27. The van der Waals surface area contributed by atoms with E-state index < -0.39 is 23.4 Å². The molecule has 0 aromatic heterocycles. The molecule has 6 nitrogen and oxygen atoms in total. The molecule has 1 spiro atoms. The second-order valence-corrected chi connectivity index (χ2v) is 5.55. The number of rotatable bonds is 2. The van der Waals surface area contributed by atoms with E-state index in [-0.39, 0.29) is 0 Å². The summed E-state index contributed by atoms with van der Waals surface area (Å²) in [7, 11) is 0. The van der Waals surface area contributed by atoms with Crippen molar-refractivity contribution in [2.45, 2.75) is 12.1 Å². The molecule has 23 heavy (non-hydrogen) atoms. The molecule has 2 aliphatic heterocycles. The molecule has 114 valence electrons. The van der Waals surface area contributed by atoms with Crippen LogP contribution in [0.1, 0.15) is 11.1 Å². The first-order valence-corrected chi connectivity index (χ1v) is 7.22. The van der Waals surface area contributed by atoms with Gasteiger partial charge in [-0.05, 0) is 11.6 Å². The summed E-state index contributed by atoms with van der Waals surface area (Å²) in [6.07, 6.45) is 0. The molecule has 4 rings (SSSR count). The van der Waals surface area contributed by atoms with E-state index in [0.29, 0.717) is 17.8 Å². The van der Waals surface area contributed by atoms with Crippen molar-refractivity contribution >= 4 is 23.5 Å². The van der Waals surface area contributed by atoms with E-state index in [9.17, 15) is 14.4 Å². The Kier molecular flexibility index (Phi) is 2.74. The number of anilines is 1. The Balaban J connectivity index is 1.83. The van der Waals surface area contributed by atoms with Crippen LogP contribution in [0.5, 0.6) is 0 Å². The van der Waals surface area contributed by atoms with Gasteiger partial charge in [-0.25, -0.2) is 4.79 Å². The molecule has 2 aromatic rings. The Hall–Kier alpha value is -3.15. The summed E-state index contributed by atoms with van der Waals surface area (Å²) in [5, 5.41) is 4.68. The predicted molar refractivity (Wildman–Crippen MR) is 82.4 cm³/mol. The van der Waals surface area contributed by atoms with Crippen molar-refractivity contribution in [3.05, 3.63) is 65.7 Å². The maximum absolute atomic E-state index is 13.0. The van der Waals surface area contributed by atoms with Crippen LogP contribution < -0.4 is 15.5 Å². The molecule has 2 heterocycles. The summed E-state index contributed by atoms with van der Waals surface area (Å²) in [5.74, 6) is -1.07. The number of hydrogen-bond donors (Lipinski definition) is 2. The highest BCUT2D eigenvalue weighted by Crippen LogP contribution is 2.42. The highest BCUT2D eigenvalue weighted by atomic mass is 16.2. The van der Waals surface area contributed by atoms with E-state index in [4.69, 9.17) is 0 Å². The third kappa shape index (κ3) is 1.78. The zero-order valence-electron chi connectivity index (χ0n) is 12.1. The first-order chi connectivity index (χ1) is 11.1. The maximum Gasteiger partial charge on any atom is 0.323 e. The number of carbonyl (C=O) groups is 3. The lowest BCUT2D eigenvalue weighted by atomic mass is 9.92. The molecule has 2 aliphatic rings. The van der Waals surface area contributed by atoms with Crippen molar-refractivity contribution in [2.75, 3.05) is 4.90 Å². The fraction of sp³-hybridized carbons (Fsp3) is 0.118. The quantitative estimate of drug-likeness (QED) is 0.648. The van der Waals surface area contributed by atoms with E-state index in [2.05, 4.69) is 10.6 Å². The maximum atomic E-state index is 13.0. The first kappa shape index (κ1) is 13.5. The number of nitrogens with zero attached hydrogens (tertiary/aromatic N) is 1. The van der Waals surface area contributed by atoms with Gasteiger partial charge in [0.05, 0.1) is 12.2 Å². The minimum Gasteiger partial charge on any atom is -0.312 e. The number of urea groups is 1. The molecule has 0 bridgehead atoms. The van der Waals surface area contributed by atoms with Gasteiger partial charge in [-0.15, -0.1) is 0 Å². The van der Waals surface area contributed by atoms with Crippen molar-refractivity contribution in [1.82, 2.24) is 10.6 Å². The van der Waals surface area contributed by atoms with E-state index in [1.54, 1.807) is 24.3 Å². The van der Waals surface area contributed by atoms with Gasteiger partial charge in [-0.1, -0.05) is 48.5 Å². The van der Waals surface area contributed by atoms with Crippen molar-refractivity contribution in [3.63, 3.8) is 0 Å². The molecule has 2 N–H and O–H groups in total. The van der Waals surface area contributed by atoms with E-state index in [1.807, 2.05) is 30.3 Å². The number of benzene rings is 2. The lowest BCUT2D eigenvalue weighted by Crippen LogP contribution is -2.52. The number of nitrogens with one attached hydrogen (secondary N) is 2. The van der Waals surface area contributed by atoms with E-state index in [1.165, 1.54) is 4.90 Å². The fourth-order valence-electron chi connectivity index (χ4n) is 3.17. The van der Waals surface area contributed by atoms with Crippen molar-refractivity contribution in [3.8, 4) is 0 Å². The average Bonchev–Trinajstić information content (AvgIpc) is 2.99. The monoisotopic (exact) mass is 307 g/mol. The van der Waals surface area contributed by atoms with Crippen LogP contribution in [0, 0.1) is 0 Å². The molecule has 1 saturated heterocycles. The van der Waals surface area contributed by atoms with Crippen LogP contribution in [-0.2, 0) is 21.7 Å². The third-order valence-electron chi connectivity index (χ3n) is 4.22. The number of imide groups is 1. The summed E-state index contributed by atoms with van der Waals surface area (Å²) < 4.78 is 0. The Bertz CT molecular complexity index is 834. The third-order valence-corrected chi connectivity index (χ3v) is 4.22. The summed E-state index contributed by atoms with van der Waals surface area (Å²) in [5.41, 5.74) is 0.433. The van der Waals surface area contributed by atoms with Gasteiger partial charge in [0.25, 0.3) is 11.8 Å². The molecule has 0 radical (unpaired) electrons. The Morgan fingerprint density at radius 3 is 2.30 bits per heavy atom. The molecule has 0 saturated carbocycles. The zero-order valence-corrected chi connectivity index (χ0v) is 12.1. The first-order valence-electron chi connectivity index (χ1n) is 7.22. The second-order valence-electron chi connectivity index (χ2n) is 5.55. The Morgan fingerprint density at radius 1 is 0.913 bits per heavy atom. The summed E-state index contributed by atoms with van der Waals surface area (Å²) >= 11 is 0. The molecule has 1 atom stereocenters.